The lowest BCUT2D eigenvalue weighted by molar-refractivity contribution is 0.0678. The molecule has 0 spiro atoms. The summed E-state index contributed by atoms with van der Waals surface area (Å²) in [5, 5.41) is 18.0. The van der Waals surface area contributed by atoms with Crippen molar-refractivity contribution < 1.29 is 4.79 Å². The first kappa shape index (κ1) is 12.8. The second-order valence-corrected chi connectivity index (χ2v) is 5.11. The summed E-state index contributed by atoms with van der Waals surface area (Å²) in [6, 6.07) is 1.76. The van der Waals surface area contributed by atoms with Crippen molar-refractivity contribution in [3.8, 4) is 0 Å². The maximum atomic E-state index is 12.3. The molecular formula is C12H17N7O. The first-order valence-electron chi connectivity index (χ1n) is 6.73. The number of aromatic amines is 1. The number of likely N-dealkylation sites (tertiary alicyclic amines) is 1. The Morgan fingerprint density at radius 3 is 2.85 bits per heavy atom. The van der Waals surface area contributed by atoms with Crippen LogP contribution >= 0.6 is 0 Å². The maximum Gasteiger partial charge on any atom is 0.272 e. The molecule has 2 aromatic heterocycles. The van der Waals surface area contributed by atoms with Crippen molar-refractivity contribution in [2.24, 2.45) is 13.0 Å². The van der Waals surface area contributed by atoms with Crippen molar-refractivity contribution in [2.45, 2.75) is 19.3 Å². The molecule has 0 saturated carbocycles. The normalized spacial score (nSPS) is 16.6. The number of nitrogens with one attached hydrogen (secondary N) is 1. The molecule has 0 radical (unpaired) electrons. The molecule has 1 aliphatic heterocycles. The third-order valence-corrected chi connectivity index (χ3v) is 3.80. The summed E-state index contributed by atoms with van der Waals surface area (Å²) in [4.78, 5) is 14.2. The van der Waals surface area contributed by atoms with Gasteiger partial charge in [0.1, 0.15) is 5.69 Å². The Morgan fingerprint density at radius 1 is 1.45 bits per heavy atom. The van der Waals surface area contributed by atoms with Crippen LogP contribution in [0.3, 0.4) is 0 Å². The van der Waals surface area contributed by atoms with Crippen LogP contribution in [0.4, 0.5) is 0 Å². The highest BCUT2D eigenvalue weighted by Gasteiger charge is 2.25. The molecule has 3 heterocycles. The van der Waals surface area contributed by atoms with Crippen molar-refractivity contribution >= 4 is 5.91 Å². The van der Waals surface area contributed by atoms with Gasteiger partial charge in [-0.25, -0.2) is 0 Å². The summed E-state index contributed by atoms with van der Waals surface area (Å²) >= 11 is 0. The fourth-order valence-electron chi connectivity index (χ4n) is 2.61. The summed E-state index contributed by atoms with van der Waals surface area (Å²) in [6.07, 6.45) is 4.41. The number of amides is 1. The second-order valence-electron chi connectivity index (χ2n) is 5.11. The molecule has 0 atom stereocenters. The number of aryl methyl sites for hydroxylation is 1. The summed E-state index contributed by atoms with van der Waals surface area (Å²) < 4.78 is 1.62. The van der Waals surface area contributed by atoms with E-state index >= 15 is 0 Å². The van der Waals surface area contributed by atoms with E-state index in [1.807, 2.05) is 4.90 Å². The van der Waals surface area contributed by atoms with Crippen LogP contribution in [-0.4, -0.2) is 54.3 Å². The molecule has 0 aliphatic carbocycles. The van der Waals surface area contributed by atoms with Crippen LogP contribution in [0.15, 0.2) is 12.3 Å². The molecule has 8 heteroatoms. The molecule has 0 bridgehead atoms. The first-order chi connectivity index (χ1) is 9.74. The topological polar surface area (TPSA) is 92.6 Å². The van der Waals surface area contributed by atoms with Gasteiger partial charge >= 0.3 is 0 Å². The van der Waals surface area contributed by atoms with Gasteiger partial charge in [0, 0.05) is 32.8 Å². The van der Waals surface area contributed by atoms with Crippen molar-refractivity contribution in [1.82, 2.24) is 35.3 Å². The number of piperidine rings is 1. The van der Waals surface area contributed by atoms with E-state index in [2.05, 4.69) is 25.7 Å². The van der Waals surface area contributed by atoms with E-state index in [0.717, 1.165) is 38.2 Å². The SMILES string of the molecule is Cn1nccc1C(=O)N1CCC(Cc2nn[nH]n2)CC1. The van der Waals surface area contributed by atoms with Crippen LogP contribution in [0.1, 0.15) is 29.2 Å². The average Bonchev–Trinajstić information content (AvgIpc) is 3.10. The zero-order valence-corrected chi connectivity index (χ0v) is 11.4. The van der Waals surface area contributed by atoms with Crippen molar-refractivity contribution in [2.75, 3.05) is 13.1 Å². The van der Waals surface area contributed by atoms with E-state index in [-0.39, 0.29) is 5.91 Å². The highest BCUT2D eigenvalue weighted by molar-refractivity contribution is 5.92. The van der Waals surface area contributed by atoms with Gasteiger partial charge in [-0.3, -0.25) is 9.48 Å². The molecule has 2 aromatic rings. The Bertz CT molecular complexity index is 568. The van der Waals surface area contributed by atoms with Crippen LogP contribution in [0, 0.1) is 5.92 Å². The number of tetrazole rings is 1. The number of hydrogen-bond acceptors (Lipinski definition) is 5. The Balaban J connectivity index is 1.56. The molecule has 3 rings (SSSR count). The quantitative estimate of drug-likeness (QED) is 0.853. The molecule has 106 valence electrons. The van der Waals surface area contributed by atoms with Gasteiger partial charge in [-0.15, -0.1) is 10.2 Å². The predicted molar refractivity (Wildman–Crippen MR) is 69.7 cm³/mol. The summed E-state index contributed by atoms with van der Waals surface area (Å²) in [6.45, 7) is 1.54. The van der Waals surface area contributed by atoms with Crippen LogP contribution < -0.4 is 0 Å². The lowest BCUT2D eigenvalue weighted by Gasteiger charge is -2.31. The van der Waals surface area contributed by atoms with Crippen molar-refractivity contribution in [1.29, 1.82) is 0 Å². The Kier molecular flexibility index (Phi) is 3.44. The number of nitrogens with zero attached hydrogens (tertiary/aromatic N) is 6. The van der Waals surface area contributed by atoms with Crippen LogP contribution in [-0.2, 0) is 13.5 Å². The van der Waals surface area contributed by atoms with Gasteiger partial charge in [-0.1, -0.05) is 5.21 Å². The number of H-pyrrole nitrogens is 1. The monoisotopic (exact) mass is 275 g/mol. The Hall–Kier alpha value is -2.25. The number of hydrogen-bond donors (Lipinski definition) is 1. The molecule has 20 heavy (non-hydrogen) atoms. The van der Waals surface area contributed by atoms with E-state index in [4.69, 9.17) is 0 Å². The van der Waals surface area contributed by atoms with Crippen molar-refractivity contribution in [3.05, 3.63) is 23.8 Å². The highest BCUT2D eigenvalue weighted by atomic mass is 16.2. The fraction of sp³-hybridized carbons (Fsp3) is 0.583. The average molecular weight is 275 g/mol. The third kappa shape index (κ3) is 2.54. The molecular weight excluding hydrogens is 258 g/mol. The highest BCUT2D eigenvalue weighted by Crippen LogP contribution is 2.21. The number of carbonyl (C=O) groups excluding carboxylic acids is 1. The second kappa shape index (κ2) is 5.40. The molecule has 1 fully saturated rings. The Labute approximate surface area is 116 Å². The molecule has 0 aromatic carbocycles. The molecule has 1 saturated heterocycles. The molecule has 0 unspecified atom stereocenters. The zero-order valence-electron chi connectivity index (χ0n) is 11.4. The smallest absolute Gasteiger partial charge is 0.272 e. The predicted octanol–water partition coefficient (Wildman–Crippen LogP) is 0.0281. The van der Waals surface area contributed by atoms with E-state index < -0.39 is 0 Å². The molecule has 1 amide bonds. The van der Waals surface area contributed by atoms with Gasteiger partial charge < -0.3 is 4.90 Å². The standard InChI is InChI=1S/C12H17N7O/c1-18-10(2-5-13-18)12(20)19-6-3-9(4-7-19)8-11-14-16-17-15-11/h2,5,9H,3-4,6-8H2,1H3,(H,14,15,16,17). The lowest BCUT2D eigenvalue weighted by Crippen LogP contribution is -2.39. The minimum absolute atomic E-state index is 0.0583. The minimum atomic E-state index is 0.0583. The van der Waals surface area contributed by atoms with Crippen LogP contribution in [0.25, 0.3) is 0 Å². The Morgan fingerprint density at radius 2 is 2.25 bits per heavy atom. The summed E-state index contributed by atoms with van der Waals surface area (Å²) in [5.41, 5.74) is 0.640. The van der Waals surface area contributed by atoms with Gasteiger partial charge in [0.05, 0.1) is 0 Å². The van der Waals surface area contributed by atoms with Gasteiger partial charge in [-0.2, -0.15) is 10.3 Å². The minimum Gasteiger partial charge on any atom is -0.337 e. The van der Waals surface area contributed by atoms with Crippen LogP contribution in [0.5, 0.6) is 0 Å². The number of rotatable bonds is 3. The van der Waals surface area contributed by atoms with Gasteiger partial charge in [0.15, 0.2) is 5.82 Å². The van der Waals surface area contributed by atoms with E-state index in [9.17, 15) is 4.79 Å². The van der Waals surface area contributed by atoms with Gasteiger partial charge in [0.2, 0.25) is 0 Å². The molecule has 1 N–H and O–H groups in total. The van der Waals surface area contributed by atoms with E-state index in [1.165, 1.54) is 0 Å². The first-order valence-corrected chi connectivity index (χ1v) is 6.73. The van der Waals surface area contributed by atoms with E-state index in [0.29, 0.717) is 11.6 Å². The third-order valence-electron chi connectivity index (χ3n) is 3.80. The maximum absolute atomic E-state index is 12.3. The fourth-order valence-corrected chi connectivity index (χ4v) is 2.61. The van der Waals surface area contributed by atoms with Crippen LogP contribution in [0.2, 0.25) is 0 Å². The summed E-state index contributed by atoms with van der Waals surface area (Å²) in [5.74, 6) is 1.33. The van der Waals surface area contributed by atoms with Gasteiger partial charge in [0.25, 0.3) is 5.91 Å². The molecule has 1 aliphatic rings. The number of aromatic nitrogens is 6. The van der Waals surface area contributed by atoms with E-state index in [1.54, 1.807) is 24.0 Å². The zero-order chi connectivity index (χ0) is 13.9. The van der Waals surface area contributed by atoms with Crippen molar-refractivity contribution in [3.63, 3.8) is 0 Å². The van der Waals surface area contributed by atoms with Gasteiger partial charge in [-0.05, 0) is 24.8 Å². The largest absolute Gasteiger partial charge is 0.337 e. The summed E-state index contributed by atoms with van der Waals surface area (Å²) in [7, 11) is 1.79. The lowest BCUT2D eigenvalue weighted by atomic mass is 9.93. The molecule has 8 nitrogen and oxygen atoms in total. The number of carbonyl (C=O) groups is 1.